The Kier molecular flexibility index (Phi) is 5.97. The fourth-order valence-electron chi connectivity index (χ4n) is 2.50. The van der Waals surface area contributed by atoms with Crippen molar-refractivity contribution in [2.45, 2.75) is 26.3 Å². The summed E-state index contributed by atoms with van der Waals surface area (Å²) >= 11 is 1.45. The Balaban J connectivity index is 1.82. The summed E-state index contributed by atoms with van der Waals surface area (Å²) in [6.45, 7) is 8.38. The predicted molar refractivity (Wildman–Crippen MR) is 93.7 cm³/mol. The van der Waals surface area contributed by atoms with Crippen LogP contribution in [-0.4, -0.2) is 59.9 Å². The first-order valence-electron chi connectivity index (χ1n) is 8.13. The first-order chi connectivity index (χ1) is 11.4. The van der Waals surface area contributed by atoms with E-state index in [0.29, 0.717) is 26.2 Å². The molecule has 24 heavy (non-hydrogen) atoms. The third-order valence-corrected chi connectivity index (χ3v) is 5.40. The molecule has 0 aliphatic carbocycles. The van der Waals surface area contributed by atoms with Gasteiger partial charge in [-0.15, -0.1) is 11.3 Å². The Labute approximate surface area is 147 Å². The molecule has 1 aliphatic heterocycles. The Bertz CT molecular complexity index is 615. The summed E-state index contributed by atoms with van der Waals surface area (Å²) in [7, 11) is 0. The zero-order valence-corrected chi connectivity index (χ0v) is 15.2. The largest absolute Gasteiger partial charge is 0.337 e. The average molecular weight is 348 g/mol. The summed E-state index contributed by atoms with van der Waals surface area (Å²) < 4.78 is 0. The highest BCUT2D eigenvalue weighted by molar-refractivity contribution is 7.12. The molecule has 1 N–H and O–H groups in total. The maximum atomic E-state index is 12.3. The predicted octanol–water partition coefficient (Wildman–Crippen LogP) is 1.56. The molecular weight excluding hydrogens is 324 g/mol. The molecule has 130 valence electrons. The van der Waals surface area contributed by atoms with Crippen molar-refractivity contribution < 1.29 is 9.59 Å². The van der Waals surface area contributed by atoms with Gasteiger partial charge in [0.1, 0.15) is 5.54 Å². The van der Waals surface area contributed by atoms with Crippen LogP contribution >= 0.6 is 11.3 Å². The van der Waals surface area contributed by atoms with Crippen molar-refractivity contribution in [3.8, 4) is 6.07 Å². The highest BCUT2D eigenvalue weighted by Gasteiger charge is 2.31. The van der Waals surface area contributed by atoms with E-state index in [1.54, 1.807) is 6.92 Å². The summed E-state index contributed by atoms with van der Waals surface area (Å²) in [4.78, 5) is 29.1. The zero-order valence-electron chi connectivity index (χ0n) is 14.4. The fraction of sp³-hybridized carbons (Fsp3) is 0.588. The molecule has 7 heteroatoms. The second-order valence-electron chi connectivity index (χ2n) is 6.56. The third kappa shape index (κ3) is 4.34. The average Bonchev–Trinajstić information content (AvgIpc) is 3.09. The van der Waals surface area contributed by atoms with Crippen molar-refractivity contribution in [3.63, 3.8) is 0 Å². The molecule has 2 rings (SSSR count). The number of nitrogens with one attached hydrogen (secondary N) is 1. The molecule has 1 saturated heterocycles. The molecule has 1 fully saturated rings. The summed E-state index contributed by atoms with van der Waals surface area (Å²) in [5.41, 5.74) is -0.853. The number of nitrogens with zero attached hydrogens (tertiary/aromatic N) is 3. The van der Waals surface area contributed by atoms with Gasteiger partial charge in [-0.05, 0) is 24.3 Å². The number of carbonyl (C=O) groups is 2. The van der Waals surface area contributed by atoms with E-state index in [1.165, 1.54) is 11.3 Å². The molecule has 1 unspecified atom stereocenters. The Morgan fingerprint density at radius 3 is 2.54 bits per heavy atom. The van der Waals surface area contributed by atoms with Crippen molar-refractivity contribution in [2.24, 2.45) is 5.92 Å². The highest BCUT2D eigenvalue weighted by atomic mass is 32.1. The van der Waals surface area contributed by atoms with Gasteiger partial charge in [0.2, 0.25) is 5.91 Å². The lowest BCUT2D eigenvalue weighted by Gasteiger charge is -2.35. The van der Waals surface area contributed by atoms with Gasteiger partial charge in [-0.3, -0.25) is 14.5 Å². The molecular formula is C17H24N4O2S. The van der Waals surface area contributed by atoms with Gasteiger partial charge in [-0.2, -0.15) is 5.26 Å². The number of hydrogen-bond acceptors (Lipinski definition) is 5. The zero-order chi connectivity index (χ0) is 17.7. The molecule has 0 saturated carbocycles. The van der Waals surface area contributed by atoms with Crippen molar-refractivity contribution in [1.82, 2.24) is 15.1 Å². The van der Waals surface area contributed by atoms with Crippen molar-refractivity contribution >= 4 is 23.2 Å². The quantitative estimate of drug-likeness (QED) is 0.876. The molecule has 0 spiro atoms. The topological polar surface area (TPSA) is 76.4 Å². The van der Waals surface area contributed by atoms with Gasteiger partial charge in [-0.25, -0.2) is 0 Å². The lowest BCUT2D eigenvalue weighted by molar-refractivity contribution is -0.124. The van der Waals surface area contributed by atoms with Gasteiger partial charge in [-0.1, -0.05) is 19.9 Å². The molecule has 6 nitrogen and oxygen atoms in total. The maximum Gasteiger partial charge on any atom is 0.264 e. The standard InChI is InChI=1S/C17H24N4O2S/c1-13(2)17(3,12-18)19-15(22)11-20-6-8-21(9-7-20)16(23)14-5-4-10-24-14/h4-5,10,13H,6-9,11H2,1-3H3,(H,19,22). The van der Waals surface area contributed by atoms with Gasteiger partial charge < -0.3 is 10.2 Å². The third-order valence-electron chi connectivity index (χ3n) is 4.54. The summed E-state index contributed by atoms with van der Waals surface area (Å²) in [6.07, 6.45) is 0. The lowest BCUT2D eigenvalue weighted by Crippen LogP contribution is -2.55. The normalized spacial score (nSPS) is 18.0. The van der Waals surface area contributed by atoms with Crippen LogP contribution < -0.4 is 5.32 Å². The Hall–Kier alpha value is -1.91. The summed E-state index contributed by atoms with van der Waals surface area (Å²) in [6, 6.07) is 5.89. The van der Waals surface area contributed by atoms with Gasteiger partial charge in [0.25, 0.3) is 5.91 Å². The van der Waals surface area contributed by atoms with Crippen LogP contribution in [0.4, 0.5) is 0 Å². The van der Waals surface area contributed by atoms with Crippen molar-refractivity contribution in [2.75, 3.05) is 32.7 Å². The van der Waals surface area contributed by atoms with E-state index in [-0.39, 0.29) is 24.3 Å². The van der Waals surface area contributed by atoms with Crippen LogP contribution in [-0.2, 0) is 4.79 Å². The second kappa shape index (κ2) is 7.77. The molecule has 2 amide bonds. The number of carbonyl (C=O) groups excluding carboxylic acids is 2. The minimum atomic E-state index is -0.853. The van der Waals surface area contributed by atoms with E-state index in [1.807, 2.05) is 41.2 Å². The molecule has 1 aromatic rings. The number of rotatable bonds is 5. The van der Waals surface area contributed by atoms with Crippen molar-refractivity contribution in [1.29, 1.82) is 5.26 Å². The Morgan fingerprint density at radius 2 is 2.04 bits per heavy atom. The molecule has 1 atom stereocenters. The monoisotopic (exact) mass is 348 g/mol. The molecule has 0 aromatic carbocycles. The SMILES string of the molecule is CC(C)C(C)(C#N)NC(=O)CN1CCN(C(=O)c2cccs2)CC1. The molecule has 0 bridgehead atoms. The van der Waals surface area contributed by atoms with Crippen LogP contribution in [0.1, 0.15) is 30.4 Å². The van der Waals surface area contributed by atoms with Crippen LogP contribution in [0.25, 0.3) is 0 Å². The lowest BCUT2D eigenvalue weighted by atomic mass is 9.90. The number of hydrogen-bond donors (Lipinski definition) is 1. The molecule has 1 aliphatic rings. The maximum absolute atomic E-state index is 12.3. The fourth-order valence-corrected chi connectivity index (χ4v) is 3.19. The van der Waals surface area contributed by atoms with Gasteiger partial charge in [0.15, 0.2) is 0 Å². The van der Waals surface area contributed by atoms with E-state index in [4.69, 9.17) is 0 Å². The molecule has 2 heterocycles. The van der Waals surface area contributed by atoms with E-state index < -0.39 is 5.54 Å². The van der Waals surface area contributed by atoms with Crippen molar-refractivity contribution in [3.05, 3.63) is 22.4 Å². The van der Waals surface area contributed by atoms with Crippen LogP contribution in [0.15, 0.2) is 17.5 Å². The van der Waals surface area contributed by atoms with E-state index >= 15 is 0 Å². The smallest absolute Gasteiger partial charge is 0.264 e. The van der Waals surface area contributed by atoms with Crippen LogP contribution in [0.2, 0.25) is 0 Å². The highest BCUT2D eigenvalue weighted by Crippen LogP contribution is 2.16. The van der Waals surface area contributed by atoms with Crippen LogP contribution in [0.3, 0.4) is 0 Å². The molecule has 1 aromatic heterocycles. The van der Waals surface area contributed by atoms with Gasteiger partial charge in [0.05, 0.1) is 17.5 Å². The minimum Gasteiger partial charge on any atom is -0.337 e. The Morgan fingerprint density at radius 1 is 1.38 bits per heavy atom. The van der Waals surface area contributed by atoms with E-state index in [0.717, 1.165) is 4.88 Å². The van der Waals surface area contributed by atoms with E-state index in [9.17, 15) is 14.9 Å². The van der Waals surface area contributed by atoms with Crippen LogP contribution in [0, 0.1) is 17.2 Å². The summed E-state index contributed by atoms with van der Waals surface area (Å²) in [5.74, 6) is -0.0523. The number of nitriles is 1. The molecule has 0 radical (unpaired) electrons. The van der Waals surface area contributed by atoms with Gasteiger partial charge >= 0.3 is 0 Å². The van der Waals surface area contributed by atoms with E-state index in [2.05, 4.69) is 11.4 Å². The first-order valence-corrected chi connectivity index (χ1v) is 9.01. The first kappa shape index (κ1) is 18.4. The number of amides is 2. The van der Waals surface area contributed by atoms with Crippen LogP contribution in [0.5, 0.6) is 0 Å². The number of thiophene rings is 1. The minimum absolute atomic E-state index is 0.0340. The summed E-state index contributed by atoms with van der Waals surface area (Å²) in [5, 5.41) is 14.0. The van der Waals surface area contributed by atoms with Gasteiger partial charge in [0, 0.05) is 26.2 Å². The second-order valence-corrected chi connectivity index (χ2v) is 7.51. The number of piperazine rings is 1.